The van der Waals surface area contributed by atoms with Crippen molar-refractivity contribution in [2.24, 2.45) is 0 Å². The van der Waals surface area contributed by atoms with Crippen LogP contribution in [0.25, 0.3) is 77.1 Å². The van der Waals surface area contributed by atoms with Gasteiger partial charge in [-0.25, -0.2) is 14.8 Å². The summed E-state index contributed by atoms with van der Waals surface area (Å²) in [5.74, 6) is 1.88. The lowest BCUT2D eigenvalue weighted by atomic mass is 9.88. The number of imidazole rings is 1. The van der Waals surface area contributed by atoms with E-state index in [1.165, 1.54) is 22.3 Å². The third kappa shape index (κ3) is 4.84. The molecule has 0 aliphatic carbocycles. The van der Waals surface area contributed by atoms with Gasteiger partial charge >= 0.3 is 0 Å². The second kappa shape index (κ2) is 11.2. The first-order chi connectivity index (χ1) is 23.5. The maximum absolute atomic E-state index is 8.21. The number of para-hydroxylation sites is 3. The summed E-state index contributed by atoms with van der Waals surface area (Å²) >= 11 is 0. The molecule has 242 valence electrons. The Morgan fingerprint density at radius 1 is 0.714 bits per heavy atom. The monoisotopic (exact) mass is 642 g/mol. The molecule has 0 spiro atoms. The van der Waals surface area contributed by atoms with Gasteiger partial charge in [-0.05, 0) is 64.4 Å². The van der Waals surface area contributed by atoms with E-state index in [9.17, 15) is 0 Å². The van der Waals surface area contributed by atoms with E-state index in [1.54, 1.807) is 0 Å². The maximum atomic E-state index is 8.21. The molecule has 3 aromatic heterocycles. The second-order valence-electron chi connectivity index (χ2n) is 14.5. The molecule has 0 N–H and O–H groups in total. The van der Waals surface area contributed by atoms with Gasteiger partial charge in [0.15, 0.2) is 11.5 Å². The Kier molecular flexibility index (Phi) is 7.01. The summed E-state index contributed by atoms with van der Waals surface area (Å²) in [7, 11) is 0. The van der Waals surface area contributed by atoms with Crippen LogP contribution in [0.5, 0.6) is 0 Å². The Balaban J connectivity index is 1.45. The number of rotatable bonds is 5. The number of benzene rings is 5. The molecule has 3 heterocycles. The molecule has 49 heavy (non-hydrogen) atoms. The summed E-state index contributed by atoms with van der Waals surface area (Å²) in [5.41, 5.74) is 11.4. The lowest BCUT2D eigenvalue weighted by Crippen LogP contribution is -2.10. The van der Waals surface area contributed by atoms with Crippen molar-refractivity contribution in [3.8, 4) is 28.2 Å². The molecular formula is C43H38N4O2. The molecule has 0 aliphatic heterocycles. The largest absolute Gasteiger partial charge is 0.457 e. The van der Waals surface area contributed by atoms with Crippen LogP contribution in [0.2, 0.25) is 0 Å². The van der Waals surface area contributed by atoms with Gasteiger partial charge < -0.3 is 8.83 Å². The Labute approximate surface area is 285 Å². The van der Waals surface area contributed by atoms with E-state index in [-0.39, 0.29) is 17.3 Å². The van der Waals surface area contributed by atoms with Crippen LogP contribution in [0, 0.1) is 6.57 Å². The van der Waals surface area contributed by atoms with Gasteiger partial charge in [-0.3, -0.25) is 4.57 Å². The van der Waals surface area contributed by atoms with Gasteiger partial charge in [-0.1, -0.05) is 103 Å². The molecule has 5 aromatic carbocycles. The molecule has 6 heteroatoms. The molecular weight excluding hydrogens is 604 g/mol. The normalized spacial score (nSPS) is 12.3. The van der Waals surface area contributed by atoms with Gasteiger partial charge in [0, 0.05) is 22.3 Å². The fourth-order valence-electron chi connectivity index (χ4n) is 6.97. The first-order valence-corrected chi connectivity index (χ1v) is 16.9. The van der Waals surface area contributed by atoms with Crippen LogP contribution < -0.4 is 0 Å². The minimum Gasteiger partial charge on any atom is -0.457 e. The van der Waals surface area contributed by atoms with Gasteiger partial charge in [0.05, 0.1) is 28.9 Å². The highest BCUT2D eigenvalue weighted by molar-refractivity contribution is 6.20. The first-order valence-electron chi connectivity index (χ1n) is 16.9. The predicted octanol–water partition coefficient (Wildman–Crippen LogP) is 12.5. The smallest absolute Gasteiger partial charge is 0.242 e. The topological polar surface area (TPSA) is 61.4 Å². The summed E-state index contributed by atoms with van der Waals surface area (Å²) < 4.78 is 15.3. The van der Waals surface area contributed by atoms with Gasteiger partial charge in [-0.2, -0.15) is 0 Å². The number of furan rings is 1. The average Bonchev–Trinajstić information content (AvgIpc) is 3.80. The summed E-state index contributed by atoms with van der Waals surface area (Å²) in [6.45, 7) is 23.4. The van der Waals surface area contributed by atoms with E-state index in [4.69, 9.17) is 25.4 Å². The highest BCUT2D eigenvalue weighted by Crippen LogP contribution is 2.46. The highest BCUT2D eigenvalue weighted by Gasteiger charge is 2.28. The minimum absolute atomic E-state index is 0.245. The van der Waals surface area contributed by atoms with Gasteiger partial charge in [0.2, 0.25) is 5.69 Å². The zero-order valence-electron chi connectivity index (χ0n) is 28.9. The van der Waals surface area contributed by atoms with Gasteiger partial charge in [0.1, 0.15) is 22.5 Å². The summed E-state index contributed by atoms with van der Waals surface area (Å²) in [6, 6.07) is 31.6. The van der Waals surface area contributed by atoms with E-state index in [0.717, 1.165) is 38.9 Å². The van der Waals surface area contributed by atoms with Gasteiger partial charge in [-0.15, -0.1) is 0 Å². The lowest BCUT2D eigenvalue weighted by Gasteiger charge is -2.24. The summed E-state index contributed by atoms with van der Waals surface area (Å²) in [4.78, 5) is 14.0. The van der Waals surface area contributed by atoms with Crippen LogP contribution in [0.1, 0.15) is 77.3 Å². The second-order valence-corrected chi connectivity index (χ2v) is 14.5. The Hall–Kier alpha value is -5.67. The quantitative estimate of drug-likeness (QED) is 0.175. The van der Waals surface area contributed by atoms with Crippen molar-refractivity contribution in [3.63, 3.8) is 0 Å². The highest BCUT2D eigenvalue weighted by atomic mass is 16.4. The van der Waals surface area contributed by atoms with Crippen molar-refractivity contribution in [1.82, 2.24) is 14.5 Å². The van der Waals surface area contributed by atoms with Crippen molar-refractivity contribution in [2.45, 2.75) is 65.7 Å². The Morgan fingerprint density at radius 2 is 1.41 bits per heavy atom. The molecule has 0 aliphatic rings. The molecule has 0 atom stereocenters. The average molecular weight is 643 g/mol. The summed E-state index contributed by atoms with van der Waals surface area (Å²) in [5, 5.41) is 1.58. The van der Waals surface area contributed by atoms with E-state index in [0.29, 0.717) is 33.8 Å². The molecule has 8 rings (SSSR count). The molecule has 0 radical (unpaired) electrons. The SMILES string of the molecule is [C-]#[N+]c1c2oc(C(C)(C)C)nc2cc2oc3c(-c4nc5ccccc5n4-c4c(C(C)C)cc(-c5ccccc5)cc4C(C)C)cccc3c12. The van der Waals surface area contributed by atoms with Crippen LogP contribution in [0.15, 0.2) is 99.8 Å². The number of hydrogen-bond donors (Lipinski definition) is 0. The van der Waals surface area contributed by atoms with Crippen molar-refractivity contribution >= 4 is 49.8 Å². The van der Waals surface area contributed by atoms with Crippen molar-refractivity contribution in [1.29, 1.82) is 0 Å². The van der Waals surface area contributed by atoms with Crippen molar-refractivity contribution < 1.29 is 8.83 Å². The van der Waals surface area contributed by atoms with Gasteiger partial charge in [0.25, 0.3) is 0 Å². The van der Waals surface area contributed by atoms with Crippen LogP contribution in [0.4, 0.5) is 5.69 Å². The number of aromatic nitrogens is 3. The zero-order valence-corrected chi connectivity index (χ0v) is 28.9. The third-order valence-electron chi connectivity index (χ3n) is 9.41. The van der Waals surface area contributed by atoms with Crippen molar-refractivity contribution in [2.75, 3.05) is 0 Å². The minimum atomic E-state index is -0.295. The molecule has 6 nitrogen and oxygen atoms in total. The Morgan fingerprint density at radius 3 is 2.08 bits per heavy atom. The van der Waals surface area contributed by atoms with Crippen LogP contribution in [0.3, 0.4) is 0 Å². The fraction of sp³-hybridized carbons (Fsp3) is 0.233. The number of oxazole rings is 1. The molecule has 0 saturated carbocycles. The van der Waals surface area contributed by atoms with E-state index < -0.39 is 0 Å². The van der Waals surface area contributed by atoms with Crippen LogP contribution in [-0.2, 0) is 5.41 Å². The third-order valence-corrected chi connectivity index (χ3v) is 9.41. The molecule has 0 unspecified atom stereocenters. The first kappa shape index (κ1) is 30.7. The van der Waals surface area contributed by atoms with E-state index >= 15 is 0 Å². The van der Waals surface area contributed by atoms with Crippen LogP contribution >= 0.6 is 0 Å². The van der Waals surface area contributed by atoms with Crippen LogP contribution in [-0.4, -0.2) is 14.5 Å². The fourth-order valence-corrected chi connectivity index (χ4v) is 6.97. The molecule has 8 aromatic rings. The van der Waals surface area contributed by atoms with E-state index in [2.05, 4.69) is 125 Å². The molecule has 0 amide bonds. The summed E-state index contributed by atoms with van der Waals surface area (Å²) in [6.07, 6.45) is 0. The molecule has 0 saturated heterocycles. The number of hydrogen-bond acceptors (Lipinski definition) is 4. The van der Waals surface area contributed by atoms with Crippen molar-refractivity contribution in [3.05, 3.63) is 119 Å². The predicted molar refractivity (Wildman–Crippen MR) is 200 cm³/mol. The van der Waals surface area contributed by atoms with E-state index in [1.807, 2.05) is 24.3 Å². The lowest BCUT2D eigenvalue weighted by molar-refractivity contribution is 0.411. The number of fused-ring (bicyclic) bond motifs is 5. The maximum Gasteiger partial charge on any atom is 0.242 e. The molecule has 0 fully saturated rings. The standard InChI is InChI=1S/C43H38N4O2/c1-24(2)30-21-27(26-15-10-9-11-16-26)22-31(25(3)4)38(30)47-34-20-13-12-19-32(34)45-41(47)29-18-14-17-28-36-35(48-39(28)29)23-33-40(37(36)44-8)49-42(46-33)43(5,6)7/h9-25H,1-7H3. The Bertz CT molecular complexity index is 2570. The molecule has 0 bridgehead atoms. The number of nitrogens with zero attached hydrogens (tertiary/aromatic N) is 4. The zero-order chi connectivity index (χ0) is 34.2.